The van der Waals surface area contributed by atoms with Crippen LogP contribution in [-0.4, -0.2) is 22.0 Å². The van der Waals surface area contributed by atoms with Gasteiger partial charge in [-0.05, 0) is 19.1 Å². The fourth-order valence-corrected chi connectivity index (χ4v) is 2.72. The van der Waals surface area contributed by atoms with Gasteiger partial charge in [0, 0.05) is 13.0 Å². The quantitative estimate of drug-likeness (QED) is 0.867. The van der Waals surface area contributed by atoms with Crippen LogP contribution in [0.25, 0.3) is 11.0 Å². The lowest BCUT2D eigenvalue weighted by atomic mass is 10.2. The van der Waals surface area contributed by atoms with Crippen LogP contribution in [0.4, 0.5) is 8.78 Å². The van der Waals surface area contributed by atoms with Crippen molar-refractivity contribution in [3.63, 3.8) is 0 Å². The largest absolute Gasteiger partial charge is 0.354 e. The number of carbonyl (C=O) groups is 1. The average molecular weight is 300 g/mol. The van der Waals surface area contributed by atoms with Gasteiger partial charge in [-0.3, -0.25) is 4.79 Å². The van der Waals surface area contributed by atoms with Crippen LogP contribution in [0.2, 0.25) is 0 Å². The molecule has 1 amide bonds. The van der Waals surface area contributed by atoms with Crippen LogP contribution in [0.1, 0.15) is 30.6 Å². The molecule has 2 aromatic rings. The van der Waals surface area contributed by atoms with E-state index in [2.05, 4.69) is 10.3 Å². The normalized spacial score (nSPS) is 20.4. The first-order valence-electron chi connectivity index (χ1n) is 6.25. The molecule has 1 fully saturated rings. The Labute approximate surface area is 118 Å². The van der Waals surface area contributed by atoms with E-state index < -0.39 is 17.0 Å². The van der Waals surface area contributed by atoms with Gasteiger partial charge in [0.05, 0.1) is 16.9 Å². The molecule has 0 radical (unpaired) electrons. The molecule has 20 heavy (non-hydrogen) atoms. The van der Waals surface area contributed by atoms with E-state index >= 15 is 0 Å². The summed E-state index contributed by atoms with van der Waals surface area (Å²) in [6.07, 6.45) is 0.206. The Morgan fingerprint density at radius 3 is 2.85 bits per heavy atom. The Morgan fingerprint density at radius 1 is 1.50 bits per heavy atom. The summed E-state index contributed by atoms with van der Waals surface area (Å²) in [6, 6.07) is 2.15. The summed E-state index contributed by atoms with van der Waals surface area (Å²) in [5, 5.41) is 2.20. The minimum atomic E-state index is -0.960. The first-order valence-corrected chi connectivity index (χ1v) is 6.69. The number of hydrogen-bond donors (Lipinski definition) is 1. The minimum Gasteiger partial charge on any atom is -0.354 e. The SMILES string of the molecule is CC(Cl)c1nc2ccc(F)c(F)c2n1C1CNC(=O)C1. The fraction of sp³-hybridized carbons (Fsp3) is 0.385. The van der Waals surface area contributed by atoms with Crippen LogP contribution in [0, 0.1) is 11.6 Å². The molecule has 2 heterocycles. The number of nitrogens with one attached hydrogen (secondary N) is 1. The minimum absolute atomic E-state index is 0.0639. The highest BCUT2D eigenvalue weighted by molar-refractivity contribution is 6.20. The van der Waals surface area contributed by atoms with Gasteiger partial charge in [0.1, 0.15) is 11.3 Å². The Kier molecular flexibility index (Phi) is 3.12. The molecular formula is C13H12ClF2N3O. The molecule has 1 saturated heterocycles. The summed E-state index contributed by atoms with van der Waals surface area (Å²) in [7, 11) is 0. The molecular weight excluding hydrogens is 288 g/mol. The highest BCUT2D eigenvalue weighted by Gasteiger charge is 2.30. The van der Waals surface area contributed by atoms with E-state index in [1.54, 1.807) is 11.5 Å². The molecule has 0 bridgehead atoms. The van der Waals surface area contributed by atoms with Crippen LogP contribution in [0.5, 0.6) is 0 Å². The molecule has 7 heteroatoms. The highest BCUT2D eigenvalue weighted by Crippen LogP contribution is 2.32. The van der Waals surface area contributed by atoms with Crippen molar-refractivity contribution in [2.75, 3.05) is 6.54 Å². The van der Waals surface area contributed by atoms with Gasteiger partial charge >= 0.3 is 0 Å². The summed E-state index contributed by atoms with van der Waals surface area (Å²) in [5.74, 6) is -1.59. The summed E-state index contributed by atoms with van der Waals surface area (Å²) >= 11 is 6.08. The van der Waals surface area contributed by atoms with Crippen molar-refractivity contribution < 1.29 is 13.6 Å². The lowest BCUT2D eigenvalue weighted by molar-refractivity contribution is -0.119. The Balaban J connectivity index is 2.28. The van der Waals surface area contributed by atoms with Gasteiger partial charge in [-0.25, -0.2) is 13.8 Å². The van der Waals surface area contributed by atoms with Gasteiger partial charge in [0.15, 0.2) is 11.6 Å². The van der Waals surface area contributed by atoms with Gasteiger partial charge in [-0.2, -0.15) is 0 Å². The Bertz CT molecular complexity index is 698. The van der Waals surface area contributed by atoms with Gasteiger partial charge in [-0.15, -0.1) is 11.6 Å². The number of fused-ring (bicyclic) bond motifs is 1. The van der Waals surface area contributed by atoms with Crippen LogP contribution in [-0.2, 0) is 4.79 Å². The van der Waals surface area contributed by atoms with Crippen molar-refractivity contribution in [1.82, 2.24) is 14.9 Å². The summed E-state index contributed by atoms with van der Waals surface area (Å²) < 4.78 is 29.1. The van der Waals surface area contributed by atoms with E-state index in [1.165, 1.54) is 6.07 Å². The number of halogens is 3. The van der Waals surface area contributed by atoms with E-state index in [0.29, 0.717) is 17.9 Å². The maximum atomic E-state index is 14.1. The molecule has 0 spiro atoms. The number of amides is 1. The first-order chi connectivity index (χ1) is 9.49. The zero-order chi connectivity index (χ0) is 14.4. The second kappa shape index (κ2) is 4.70. The van der Waals surface area contributed by atoms with Crippen molar-refractivity contribution in [2.45, 2.75) is 24.8 Å². The number of nitrogens with zero attached hydrogens (tertiary/aromatic N) is 2. The number of benzene rings is 1. The van der Waals surface area contributed by atoms with Gasteiger partial charge in [0.2, 0.25) is 5.91 Å². The maximum absolute atomic E-state index is 14.1. The zero-order valence-corrected chi connectivity index (χ0v) is 11.4. The molecule has 1 N–H and O–H groups in total. The molecule has 2 atom stereocenters. The molecule has 106 valence electrons. The van der Waals surface area contributed by atoms with Crippen LogP contribution in [0.15, 0.2) is 12.1 Å². The second-order valence-electron chi connectivity index (χ2n) is 4.85. The number of alkyl halides is 1. The average Bonchev–Trinajstić information content (AvgIpc) is 2.97. The molecule has 1 aliphatic heterocycles. The van der Waals surface area contributed by atoms with E-state index in [9.17, 15) is 13.6 Å². The summed E-state index contributed by atoms with van der Waals surface area (Å²) in [6.45, 7) is 2.06. The zero-order valence-electron chi connectivity index (χ0n) is 10.7. The van der Waals surface area contributed by atoms with Crippen LogP contribution in [0.3, 0.4) is 0 Å². The molecule has 0 aliphatic carbocycles. The van der Waals surface area contributed by atoms with Crippen molar-refractivity contribution in [1.29, 1.82) is 0 Å². The van der Waals surface area contributed by atoms with Crippen LogP contribution >= 0.6 is 11.6 Å². The number of rotatable bonds is 2. The molecule has 1 aliphatic rings. The topological polar surface area (TPSA) is 46.9 Å². The molecule has 2 unspecified atom stereocenters. The molecule has 4 nitrogen and oxygen atoms in total. The fourth-order valence-electron chi connectivity index (χ4n) is 2.56. The second-order valence-corrected chi connectivity index (χ2v) is 5.50. The first kappa shape index (κ1) is 13.3. The molecule has 1 aromatic carbocycles. The maximum Gasteiger partial charge on any atom is 0.222 e. The van der Waals surface area contributed by atoms with Crippen molar-refractivity contribution in [2.24, 2.45) is 0 Å². The van der Waals surface area contributed by atoms with E-state index in [4.69, 9.17) is 11.6 Å². The third kappa shape index (κ3) is 1.95. The number of hydrogen-bond acceptors (Lipinski definition) is 2. The van der Waals surface area contributed by atoms with Crippen molar-refractivity contribution in [3.05, 3.63) is 29.6 Å². The van der Waals surface area contributed by atoms with E-state index in [1.807, 2.05) is 0 Å². The van der Waals surface area contributed by atoms with Gasteiger partial charge in [-0.1, -0.05) is 0 Å². The molecule has 1 aromatic heterocycles. The van der Waals surface area contributed by atoms with Gasteiger partial charge in [0.25, 0.3) is 0 Å². The lowest BCUT2D eigenvalue weighted by Crippen LogP contribution is -2.17. The number of aromatic nitrogens is 2. The molecule has 0 saturated carbocycles. The van der Waals surface area contributed by atoms with Crippen molar-refractivity contribution >= 4 is 28.5 Å². The summed E-state index contributed by atoms with van der Waals surface area (Å²) in [4.78, 5) is 15.6. The highest BCUT2D eigenvalue weighted by atomic mass is 35.5. The third-order valence-electron chi connectivity index (χ3n) is 3.45. The standard InChI is InChI=1S/C13H12ClF2N3O/c1-6(14)13-18-9-3-2-8(15)11(16)12(9)19(13)7-4-10(20)17-5-7/h2-3,6-7H,4-5H2,1H3,(H,17,20). The van der Waals surface area contributed by atoms with Crippen LogP contribution < -0.4 is 5.32 Å². The molecule has 3 rings (SSSR count). The Hall–Kier alpha value is -1.69. The van der Waals surface area contributed by atoms with E-state index in [0.717, 1.165) is 6.07 Å². The predicted octanol–water partition coefficient (Wildman–Crippen LogP) is 2.68. The van der Waals surface area contributed by atoms with Crippen molar-refractivity contribution in [3.8, 4) is 0 Å². The number of imidazole rings is 1. The van der Waals surface area contributed by atoms with E-state index in [-0.39, 0.29) is 23.9 Å². The monoisotopic (exact) mass is 299 g/mol. The van der Waals surface area contributed by atoms with Gasteiger partial charge < -0.3 is 9.88 Å². The smallest absolute Gasteiger partial charge is 0.222 e. The third-order valence-corrected chi connectivity index (χ3v) is 3.64. The Morgan fingerprint density at radius 2 is 2.25 bits per heavy atom. The summed E-state index contributed by atoms with van der Waals surface area (Å²) in [5.41, 5.74) is 0.403. The predicted molar refractivity (Wildman–Crippen MR) is 70.6 cm³/mol. The number of carbonyl (C=O) groups excluding carboxylic acids is 1. The lowest BCUT2D eigenvalue weighted by Gasteiger charge is -2.16.